The number of amides is 1. The first-order chi connectivity index (χ1) is 9.65. The standard InChI is InChI=1S/C14H14ClFN2OS/c15-10-8-13(18-9-10)14(19)17-6-1-7-20-12-4-2-11(16)3-5-12/h2-5,8-9,18H,1,6-7H2,(H,17,19). The molecule has 1 aromatic carbocycles. The van der Waals surface area contributed by atoms with Crippen molar-refractivity contribution in [3.63, 3.8) is 0 Å². The van der Waals surface area contributed by atoms with Crippen molar-refractivity contribution in [1.82, 2.24) is 10.3 Å². The number of carbonyl (C=O) groups excluding carboxylic acids is 1. The van der Waals surface area contributed by atoms with Gasteiger partial charge < -0.3 is 10.3 Å². The van der Waals surface area contributed by atoms with Crippen LogP contribution < -0.4 is 5.32 Å². The van der Waals surface area contributed by atoms with Gasteiger partial charge in [0.25, 0.3) is 5.91 Å². The van der Waals surface area contributed by atoms with Crippen molar-refractivity contribution in [3.05, 3.63) is 53.1 Å². The van der Waals surface area contributed by atoms with Crippen LogP contribution in [0, 0.1) is 5.82 Å². The molecule has 1 amide bonds. The van der Waals surface area contributed by atoms with Gasteiger partial charge in [0.15, 0.2) is 0 Å². The lowest BCUT2D eigenvalue weighted by atomic mass is 10.3. The third-order valence-corrected chi connectivity index (χ3v) is 3.90. The molecule has 2 N–H and O–H groups in total. The van der Waals surface area contributed by atoms with E-state index in [4.69, 9.17) is 11.6 Å². The van der Waals surface area contributed by atoms with Gasteiger partial charge in [0.05, 0.1) is 5.02 Å². The molecule has 0 fully saturated rings. The minimum absolute atomic E-state index is 0.163. The second kappa shape index (κ2) is 7.36. The fourth-order valence-electron chi connectivity index (χ4n) is 1.59. The van der Waals surface area contributed by atoms with Crippen LogP contribution in [0.15, 0.2) is 41.4 Å². The highest BCUT2D eigenvalue weighted by molar-refractivity contribution is 7.99. The lowest BCUT2D eigenvalue weighted by Gasteiger charge is -2.04. The van der Waals surface area contributed by atoms with E-state index in [2.05, 4.69) is 10.3 Å². The predicted octanol–water partition coefficient (Wildman–Crippen LogP) is 3.72. The molecule has 0 saturated heterocycles. The van der Waals surface area contributed by atoms with Gasteiger partial charge in [0, 0.05) is 17.6 Å². The van der Waals surface area contributed by atoms with Gasteiger partial charge in [0.2, 0.25) is 0 Å². The van der Waals surface area contributed by atoms with Gasteiger partial charge >= 0.3 is 0 Å². The van der Waals surface area contributed by atoms with Crippen LogP contribution in [0.4, 0.5) is 4.39 Å². The molecule has 1 aromatic heterocycles. The average Bonchev–Trinajstić information content (AvgIpc) is 2.87. The lowest BCUT2D eigenvalue weighted by molar-refractivity contribution is 0.0949. The molecule has 2 aromatic rings. The number of carbonyl (C=O) groups is 1. The number of nitrogens with one attached hydrogen (secondary N) is 2. The van der Waals surface area contributed by atoms with Gasteiger partial charge in [0.1, 0.15) is 11.5 Å². The van der Waals surface area contributed by atoms with Gasteiger partial charge in [-0.1, -0.05) is 11.6 Å². The van der Waals surface area contributed by atoms with Gasteiger partial charge in [-0.05, 0) is 42.5 Å². The van der Waals surface area contributed by atoms with Crippen molar-refractivity contribution in [3.8, 4) is 0 Å². The highest BCUT2D eigenvalue weighted by Gasteiger charge is 2.06. The largest absolute Gasteiger partial charge is 0.356 e. The zero-order chi connectivity index (χ0) is 14.4. The first-order valence-electron chi connectivity index (χ1n) is 6.15. The second-order valence-corrected chi connectivity index (χ2v) is 5.75. The first-order valence-corrected chi connectivity index (χ1v) is 7.52. The molecule has 0 aliphatic heterocycles. The predicted molar refractivity (Wildman–Crippen MR) is 79.9 cm³/mol. The van der Waals surface area contributed by atoms with E-state index in [9.17, 15) is 9.18 Å². The average molecular weight is 313 g/mol. The minimum Gasteiger partial charge on any atom is -0.356 e. The Morgan fingerprint density at radius 3 is 2.75 bits per heavy atom. The van der Waals surface area contributed by atoms with Gasteiger partial charge in [-0.3, -0.25) is 4.79 Å². The van der Waals surface area contributed by atoms with E-state index in [1.807, 2.05) is 0 Å². The fourth-order valence-corrected chi connectivity index (χ4v) is 2.61. The molecule has 0 atom stereocenters. The molecule has 20 heavy (non-hydrogen) atoms. The molecule has 6 heteroatoms. The number of thioether (sulfide) groups is 1. The smallest absolute Gasteiger partial charge is 0.267 e. The van der Waals surface area contributed by atoms with Crippen molar-refractivity contribution in [2.45, 2.75) is 11.3 Å². The summed E-state index contributed by atoms with van der Waals surface area (Å²) in [6, 6.07) is 7.97. The molecule has 2 rings (SSSR count). The number of halogens is 2. The Bertz CT molecular complexity index is 571. The van der Waals surface area contributed by atoms with Crippen molar-refractivity contribution in [2.24, 2.45) is 0 Å². The van der Waals surface area contributed by atoms with Crippen molar-refractivity contribution in [2.75, 3.05) is 12.3 Å². The van der Waals surface area contributed by atoms with Crippen LogP contribution in [0.5, 0.6) is 0 Å². The second-order valence-electron chi connectivity index (χ2n) is 4.14. The van der Waals surface area contributed by atoms with Crippen LogP contribution in [-0.4, -0.2) is 23.2 Å². The number of rotatable bonds is 6. The van der Waals surface area contributed by atoms with E-state index < -0.39 is 0 Å². The van der Waals surface area contributed by atoms with E-state index in [0.717, 1.165) is 17.1 Å². The summed E-state index contributed by atoms with van der Waals surface area (Å²) in [5.74, 6) is 0.465. The number of H-pyrrole nitrogens is 1. The molecule has 1 heterocycles. The molecule has 3 nitrogen and oxygen atoms in total. The maximum Gasteiger partial charge on any atom is 0.267 e. The summed E-state index contributed by atoms with van der Waals surface area (Å²) < 4.78 is 12.7. The highest BCUT2D eigenvalue weighted by Crippen LogP contribution is 2.18. The monoisotopic (exact) mass is 312 g/mol. The van der Waals surface area contributed by atoms with E-state index in [-0.39, 0.29) is 11.7 Å². The Morgan fingerprint density at radius 2 is 2.10 bits per heavy atom. The number of hydrogen-bond acceptors (Lipinski definition) is 2. The molecule has 0 bridgehead atoms. The van der Waals surface area contributed by atoms with E-state index in [1.54, 1.807) is 36.2 Å². The third kappa shape index (κ3) is 4.58. The van der Waals surface area contributed by atoms with Crippen LogP contribution in [0.1, 0.15) is 16.9 Å². The Balaban J connectivity index is 1.64. The Hall–Kier alpha value is -1.46. The molecule has 0 spiro atoms. The molecule has 0 radical (unpaired) electrons. The molecule has 0 saturated carbocycles. The summed E-state index contributed by atoms with van der Waals surface area (Å²) in [5, 5.41) is 3.32. The molecular formula is C14H14ClFN2OS. The van der Waals surface area contributed by atoms with Crippen molar-refractivity contribution >= 4 is 29.3 Å². The summed E-state index contributed by atoms with van der Waals surface area (Å²) >= 11 is 7.36. The summed E-state index contributed by atoms with van der Waals surface area (Å²) in [4.78, 5) is 15.5. The molecule has 106 valence electrons. The fraction of sp³-hybridized carbons (Fsp3) is 0.214. The van der Waals surface area contributed by atoms with E-state index >= 15 is 0 Å². The highest BCUT2D eigenvalue weighted by atomic mass is 35.5. The van der Waals surface area contributed by atoms with Gasteiger partial charge in [-0.2, -0.15) is 0 Å². The van der Waals surface area contributed by atoms with E-state index in [0.29, 0.717) is 17.3 Å². The quantitative estimate of drug-likeness (QED) is 0.631. The summed E-state index contributed by atoms with van der Waals surface area (Å²) in [6.07, 6.45) is 2.41. The van der Waals surface area contributed by atoms with Gasteiger partial charge in [-0.15, -0.1) is 11.8 Å². The molecular weight excluding hydrogens is 299 g/mol. The molecule has 0 aliphatic carbocycles. The Kier molecular flexibility index (Phi) is 5.49. The maximum atomic E-state index is 12.7. The van der Waals surface area contributed by atoms with Crippen molar-refractivity contribution in [1.29, 1.82) is 0 Å². The third-order valence-electron chi connectivity index (χ3n) is 2.58. The normalized spacial score (nSPS) is 10.5. The lowest BCUT2D eigenvalue weighted by Crippen LogP contribution is -2.25. The van der Waals surface area contributed by atoms with Crippen LogP contribution in [0.25, 0.3) is 0 Å². The zero-order valence-electron chi connectivity index (χ0n) is 10.7. The number of hydrogen-bond donors (Lipinski definition) is 2. The molecule has 0 unspecified atom stereocenters. The van der Waals surface area contributed by atoms with E-state index in [1.165, 1.54) is 12.1 Å². The Morgan fingerprint density at radius 1 is 1.35 bits per heavy atom. The van der Waals surface area contributed by atoms with Crippen LogP contribution >= 0.6 is 23.4 Å². The SMILES string of the molecule is O=C(NCCCSc1ccc(F)cc1)c1cc(Cl)c[nH]1. The summed E-state index contributed by atoms with van der Waals surface area (Å²) in [7, 11) is 0. The van der Waals surface area contributed by atoms with Gasteiger partial charge in [-0.25, -0.2) is 4.39 Å². The summed E-state index contributed by atoms with van der Waals surface area (Å²) in [5.41, 5.74) is 0.459. The van der Waals surface area contributed by atoms with Crippen LogP contribution in [-0.2, 0) is 0 Å². The van der Waals surface area contributed by atoms with Crippen LogP contribution in [0.3, 0.4) is 0 Å². The number of benzene rings is 1. The molecule has 0 aliphatic rings. The number of aromatic amines is 1. The number of aromatic nitrogens is 1. The minimum atomic E-state index is -0.230. The van der Waals surface area contributed by atoms with Crippen LogP contribution in [0.2, 0.25) is 5.02 Å². The summed E-state index contributed by atoms with van der Waals surface area (Å²) in [6.45, 7) is 0.587. The van der Waals surface area contributed by atoms with Crippen molar-refractivity contribution < 1.29 is 9.18 Å². The maximum absolute atomic E-state index is 12.7. The first kappa shape index (κ1) is 14.9. The zero-order valence-corrected chi connectivity index (χ0v) is 12.2. The Labute approximate surface area is 125 Å². The topological polar surface area (TPSA) is 44.9 Å².